The van der Waals surface area contributed by atoms with Crippen molar-refractivity contribution >= 4 is 11.6 Å². The van der Waals surface area contributed by atoms with Crippen molar-refractivity contribution in [1.82, 2.24) is 14.8 Å². The van der Waals surface area contributed by atoms with Crippen molar-refractivity contribution in [3.05, 3.63) is 94.8 Å². The number of carbonyl (C=O) groups excluding carboxylic acids is 1. The minimum absolute atomic E-state index is 0.132. The summed E-state index contributed by atoms with van der Waals surface area (Å²) in [5, 5.41) is 7.47. The molecule has 0 aliphatic heterocycles. The number of anilines is 1. The molecule has 0 saturated heterocycles. The number of benzene rings is 3. The Hall–Kier alpha value is -3.73. The molecule has 4 rings (SSSR count). The molecule has 0 spiro atoms. The highest BCUT2D eigenvalue weighted by atomic mass is 16.2. The SMILES string of the molecule is Cc1ccc(NC(=O)c2nc(-c3cccc(C)c3)n(-c3ccc(C)cc3C)n2)cc1. The molecular weight excluding hydrogens is 372 g/mol. The third kappa shape index (κ3) is 4.01. The van der Waals surface area contributed by atoms with E-state index in [1.54, 1.807) is 4.68 Å². The van der Waals surface area contributed by atoms with Crippen molar-refractivity contribution in [2.24, 2.45) is 0 Å². The number of hydrogen-bond acceptors (Lipinski definition) is 3. The topological polar surface area (TPSA) is 59.8 Å². The van der Waals surface area contributed by atoms with Crippen LogP contribution in [0.1, 0.15) is 32.9 Å². The Morgan fingerprint density at radius 1 is 0.833 bits per heavy atom. The van der Waals surface area contributed by atoms with Crippen LogP contribution in [0.2, 0.25) is 0 Å². The average Bonchev–Trinajstić information content (AvgIpc) is 3.15. The van der Waals surface area contributed by atoms with Crippen LogP contribution >= 0.6 is 0 Å². The molecule has 0 atom stereocenters. The molecule has 5 heteroatoms. The van der Waals surface area contributed by atoms with Crippen LogP contribution < -0.4 is 5.32 Å². The number of carbonyl (C=O) groups is 1. The van der Waals surface area contributed by atoms with Gasteiger partial charge in [-0.2, -0.15) is 0 Å². The minimum atomic E-state index is -0.337. The fourth-order valence-electron chi connectivity index (χ4n) is 3.41. The fraction of sp³-hybridized carbons (Fsp3) is 0.160. The summed E-state index contributed by atoms with van der Waals surface area (Å²) in [5.74, 6) is 0.433. The van der Waals surface area contributed by atoms with Gasteiger partial charge in [0.25, 0.3) is 5.91 Å². The normalized spacial score (nSPS) is 10.8. The monoisotopic (exact) mass is 396 g/mol. The smallest absolute Gasteiger partial charge is 0.295 e. The van der Waals surface area contributed by atoms with Gasteiger partial charge in [0.05, 0.1) is 5.69 Å². The maximum absolute atomic E-state index is 12.9. The summed E-state index contributed by atoms with van der Waals surface area (Å²) >= 11 is 0. The summed E-state index contributed by atoms with van der Waals surface area (Å²) in [6, 6.07) is 21.9. The van der Waals surface area contributed by atoms with E-state index in [1.807, 2.05) is 81.4 Å². The van der Waals surface area contributed by atoms with Crippen molar-refractivity contribution in [1.29, 1.82) is 0 Å². The van der Waals surface area contributed by atoms with Crippen LogP contribution in [0.4, 0.5) is 5.69 Å². The zero-order valence-electron chi connectivity index (χ0n) is 17.6. The van der Waals surface area contributed by atoms with E-state index >= 15 is 0 Å². The second-order valence-corrected chi connectivity index (χ2v) is 7.65. The molecule has 1 heterocycles. The largest absolute Gasteiger partial charge is 0.319 e. The summed E-state index contributed by atoms with van der Waals surface area (Å²) in [6.07, 6.45) is 0. The first kappa shape index (κ1) is 19.6. The predicted octanol–water partition coefficient (Wildman–Crippen LogP) is 5.42. The van der Waals surface area contributed by atoms with Gasteiger partial charge in [-0.05, 0) is 57.5 Å². The molecule has 0 bridgehead atoms. The first-order valence-corrected chi connectivity index (χ1v) is 9.90. The minimum Gasteiger partial charge on any atom is -0.319 e. The molecule has 0 fully saturated rings. The molecular formula is C25H24N4O. The number of hydrogen-bond donors (Lipinski definition) is 1. The van der Waals surface area contributed by atoms with Crippen LogP contribution in [-0.2, 0) is 0 Å². The van der Waals surface area contributed by atoms with Crippen LogP contribution in [0, 0.1) is 27.7 Å². The molecule has 0 radical (unpaired) electrons. The van der Waals surface area contributed by atoms with Gasteiger partial charge in [-0.1, -0.05) is 59.2 Å². The Labute approximate surface area is 176 Å². The van der Waals surface area contributed by atoms with Crippen LogP contribution in [0.15, 0.2) is 66.7 Å². The average molecular weight is 396 g/mol. The quantitative estimate of drug-likeness (QED) is 0.501. The van der Waals surface area contributed by atoms with Crippen molar-refractivity contribution in [3.8, 4) is 17.1 Å². The van der Waals surface area contributed by atoms with Crippen LogP contribution in [-0.4, -0.2) is 20.7 Å². The zero-order valence-corrected chi connectivity index (χ0v) is 17.6. The van der Waals surface area contributed by atoms with Gasteiger partial charge in [0.15, 0.2) is 5.82 Å². The van der Waals surface area contributed by atoms with E-state index in [0.717, 1.165) is 27.9 Å². The lowest BCUT2D eigenvalue weighted by molar-refractivity contribution is 0.101. The molecule has 3 aromatic carbocycles. The second-order valence-electron chi connectivity index (χ2n) is 7.65. The Morgan fingerprint density at radius 3 is 2.23 bits per heavy atom. The molecule has 0 aliphatic carbocycles. The van der Waals surface area contributed by atoms with Crippen molar-refractivity contribution in [3.63, 3.8) is 0 Å². The van der Waals surface area contributed by atoms with E-state index in [9.17, 15) is 4.79 Å². The number of nitrogens with one attached hydrogen (secondary N) is 1. The number of aromatic nitrogens is 3. The number of aryl methyl sites for hydroxylation is 4. The van der Waals surface area contributed by atoms with Crippen LogP contribution in [0.5, 0.6) is 0 Å². The lowest BCUT2D eigenvalue weighted by atomic mass is 10.1. The van der Waals surface area contributed by atoms with Gasteiger partial charge in [-0.25, -0.2) is 9.67 Å². The van der Waals surface area contributed by atoms with Crippen LogP contribution in [0.3, 0.4) is 0 Å². The maximum atomic E-state index is 12.9. The van der Waals surface area contributed by atoms with Crippen molar-refractivity contribution < 1.29 is 4.79 Å². The van der Waals surface area contributed by atoms with Crippen molar-refractivity contribution in [2.45, 2.75) is 27.7 Å². The molecule has 0 saturated carbocycles. The summed E-state index contributed by atoms with van der Waals surface area (Å²) in [5.41, 5.74) is 7.02. The third-order valence-electron chi connectivity index (χ3n) is 4.98. The third-order valence-corrected chi connectivity index (χ3v) is 4.98. The zero-order chi connectivity index (χ0) is 21.3. The van der Waals surface area contributed by atoms with E-state index in [1.165, 1.54) is 5.56 Å². The molecule has 0 aliphatic rings. The predicted molar refractivity (Wildman–Crippen MR) is 120 cm³/mol. The molecule has 1 aromatic heterocycles. The first-order chi connectivity index (χ1) is 14.4. The summed E-state index contributed by atoms with van der Waals surface area (Å²) in [6.45, 7) is 8.13. The Balaban J connectivity index is 1.79. The molecule has 4 aromatic rings. The van der Waals surface area contributed by atoms with Crippen molar-refractivity contribution in [2.75, 3.05) is 5.32 Å². The van der Waals surface area contributed by atoms with E-state index in [0.29, 0.717) is 11.5 Å². The van der Waals surface area contributed by atoms with E-state index in [4.69, 9.17) is 0 Å². The highest BCUT2D eigenvalue weighted by Crippen LogP contribution is 2.25. The standard InChI is InChI=1S/C25H24N4O/c1-16-8-11-21(12-9-16)26-25(30)23-27-24(20-7-5-6-17(2)15-20)29(28-23)22-13-10-18(3)14-19(22)4/h5-15H,1-4H3,(H,26,30). The lowest BCUT2D eigenvalue weighted by Gasteiger charge is -2.10. The summed E-state index contributed by atoms with van der Waals surface area (Å²) in [7, 11) is 0. The van der Waals surface area contributed by atoms with Gasteiger partial charge in [-0.3, -0.25) is 4.79 Å². The molecule has 150 valence electrons. The molecule has 0 unspecified atom stereocenters. The fourth-order valence-corrected chi connectivity index (χ4v) is 3.41. The Bertz CT molecular complexity index is 1220. The van der Waals surface area contributed by atoms with Gasteiger partial charge in [0.1, 0.15) is 0 Å². The Morgan fingerprint density at radius 2 is 1.53 bits per heavy atom. The van der Waals surface area contributed by atoms with Gasteiger partial charge < -0.3 is 5.32 Å². The van der Waals surface area contributed by atoms with E-state index < -0.39 is 0 Å². The van der Waals surface area contributed by atoms with Gasteiger partial charge in [-0.15, -0.1) is 5.10 Å². The summed E-state index contributed by atoms with van der Waals surface area (Å²) in [4.78, 5) is 17.5. The number of nitrogens with zero attached hydrogens (tertiary/aromatic N) is 3. The second kappa shape index (κ2) is 7.95. The number of rotatable bonds is 4. The lowest BCUT2D eigenvalue weighted by Crippen LogP contribution is -2.14. The van der Waals surface area contributed by atoms with E-state index in [2.05, 4.69) is 28.4 Å². The maximum Gasteiger partial charge on any atom is 0.295 e. The number of amides is 1. The van der Waals surface area contributed by atoms with Gasteiger partial charge in [0.2, 0.25) is 5.82 Å². The molecule has 30 heavy (non-hydrogen) atoms. The molecule has 1 amide bonds. The Kier molecular flexibility index (Phi) is 5.19. The first-order valence-electron chi connectivity index (χ1n) is 9.90. The van der Waals surface area contributed by atoms with Gasteiger partial charge >= 0.3 is 0 Å². The van der Waals surface area contributed by atoms with Crippen LogP contribution in [0.25, 0.3) is 17.1 Å². The summed E-state index contributed by atoms with van der Waals surface area (Å²) < 4.78 is 1.76. The highest BCUT2D eigenvalue weighted by molar-refractivity contribution is 6.01. The molecule has 1 N–H and O–H groups in total. The van der Waals surface area contributed by atoms with Gasteiger partial charge in [0, 0.05) is 11.3 Å². The molecule has 5 nitrogen and oxygen atoms in total. The highest BCUT2D eigenvalue weighted by Gasteiger charge is 2.20. The van der Waals surface area contributed by atoms with E-state index in [-0.39, 0.29) is 11.7 Å².